The van der Waals surface area contributed by atoms with Crippen molar-refractivity contribution in [2.45, 2.75) is 32.4 Å². The van der Waals surface area contributed by atoms with Crippen LogP contribution in [0.2, 0.25) is 0 Å². The van der Waals surface area contributed by atoms with Gasteiger partial charge in [0.2, 0.25) is 5.91 Å². The minimum absolute atomic E-state index is 0.218. The van der Waals surface area contributed by atoms with E-state index in [0.717, 1.165) is 36.4 Å². The summed E-state index contributed by atoms with van der Waals surface area (Å²) in [5.74, 6) is 0.979. The summed E-state index contributed by atoms with van der Waals surface area (Å²) >= 11 is 0. The molecule has 0 radical (unpaired) electrons. The number of carbonyl (C=O) groups excluding carboxylic acids is 1. The number of aromatic nitrogens is 1. The molecule has 25 heavy (non-hydrogen) atoms. The Balaban J connectivity index is 1.59. The SMILES string of the molecule is CCC(=O)N1CCC(NC(=NC)NCc2ccnc3ccccc23)C1. The molecule has 0 aliphatic carbocycles. The van der Waals surface area contributed by atoms with Crippen LogP contribution in [-0.2, 0) is 11.3 Å². The number of aliphatic imine (C=N–C) groups is 1. The Morgan fingerprint density at radius 1 is 1.36 bits per heavy atom. The third-order valence-corrected chi connectivity index (χ3v) is 4.59. The standard InChI is InChI=1S/C19H25N5O/c1-3-18(25)24-11-9-15(13-24)23-19(20-2)22-12-14-8-10-21-17-7-5-4-6-16(14)17/h4-8,10,15H,3,9,11-13H2,1-2H3,(H2,20,22,23). The fourth-order valence-electron chi connectivity index (χ4n) is 3.20. The molecule has 6 heteroatoms. The number of hydrogen-bond acceptors (Lipinski definition) is 3. The van der Waals surface area contributed by atoms with E-state index in [1.54, 1.807) is 7.05 Å². The highest BCUT2D eigenvalue weighted by atomic mass is 16.2. The van der Waals surface area contributed by atoms with Gasteiger partial charge in [0, 0.05) is 50.7 Å². The third-order valence-electron chi connectivity index (χ3n) is 4.59. The highest BCUT2D eigenvalue weighted by Gasteiger charge is 2.25. The second-order valence-electron chi connectivity index (χ2n) is 6.24. The van der Waals surface area contributed by atoms with Gasteiger partial charge in [0.15, 0.2) is 5.96 Å². The molecule has 1 aromatic carbocycles. The Hall–Kier alpha value is -2.63. The van der Waals surface area contributed by atoms with E-state index in [9.17, 15) is 4.79 Å². The van der Waals surface area contributed by atoms with Crippen molar-refractivity contribution in [3.8, 4) is 0 Å². The van der Waals surface area contributed by atoms with Crippen LogP contribution in [0.15, 0.2) is 41.5 Å². The van der Waals surface area contributed by atoms with Gasteiger partial charge < -0.3 is 15.5 Å². The molecule has 2 heterocycles. The van der Waals surface area contributed by atoms with Crippen LogP contribution in [0.5, 0.6) is 0 Å². The minimum Gasteiger partial charge on any atom is -0.352 e. The summed E-state index contributed by atoms with van der Waals surface area (Å²) in [5, 5.41) is 7.94. The molecule has 0 bridgehead atoms. The number of amides is 1. The lowest BCUT2D eigenvalue weighted by Gasteiger charge is -2.19. The van der Waals surface area contributed by atoms with Crippen LogP contribution < -0.4 is 10.6 Å². The van der Waals surface area contributed by atoms with Crippen molar-refractivity contribution in [3.63, 3.8) is 0 Å². The maximum Gasteiger partial charge on any atom is 0.222 e. The Labute approximate surface area is 148 Å². The summed E-state index contributed by atoms with van der Waals surface area (Å²) in [6, 6.07) is 10.4. The van der Waals surface area contributed by atoms with Crippen LogP contribution in [0, 0.1) is 0 Å². The van der Waals surface area contributed by atoms with Gasteiger partial charge in [-0.25, -0.2) is 0 Å². The first-order valence-electron chi connectivity index (χ1n) is 8.79. The quantitative estimate of drug-likeness (QED) is 0.659. The number of pyridine rings is 1. The van der Waals surface area contributed by atoms with E-state index in [0.29, 0.717) is 13.0 Å². The number of nitrogens with one attached hydrogen (secondary N) is 2. The van der Waals surface area contributed by atoms with E-state index >= 15 is 0 Å². The number of nitrogens with zero attached hydrogens (tertiary/aromatic N) is 3. The van der Waals surface area contributed by atoms with Crippen molar-refractivity contribution < 1.29 is 4.79 Å². The van der Waals surface area contributed by atoms with Gasteiger partial charge in [-0.2, -0.15) is 0 Å². The smallest absolute Gasteiger partial charge is 0.222 e. The van der Waals surface area contributed by atoms with Crippen molar-refractivity contribution in [1.82, 2.24) is 20.5 Å². The van der Waals surface area contributed by atoms with Crippen molar-refractivity contribution in [1.29, 1.82) is 0 Å². The van der Waals surface area contributed by atoms with Crippen LogP contribution in [-0.4, -0.2) is 47.9 Å². The van der Waals surface area contributed by atoms with Gasteiger partial charge >= 0.3 is 0 Å². The molecule has 1 saturated heterocycles. The predicted molar refractivity (Wildman–Crippen MR) is 100 cm³/mol. The number of guanidine groups is 1. The largest absolute Gasteiger partial charge is 0.352 e. The third kappa shape index (κ3) is 4.07. The molecule has 132 valence electrons. The summed E-state index contributed by atoms with van der Waals surface area (Å²) in [6.45, 7) is 4.14. The second-order valence-corrected chi connectivity index (χ2v) is 6.24. The van der Waals surface area contributed by atoms with E-state index in [4.69, 9.17) is 0 Å². The number of rotatable bonds is 4. The average Bonchev–Trinajstić information content (AvgIpc) is 3.13. The van der Waals surface area contributed by atoms with Crippen molar-refractivity contribution >= 4 is 22.8 Å². The van der Waals surface area contributed by atoms with E-state index in [-0.39, 0.29) is 11.9 Å². The zero-order valence-electron chi connectivity index (χ0n) is 14.8. The molecule has 1 unspecified atom stereocenters. The number of benzene rings is 1. The number of fused-ring (bicyclic) bond motifs is 1. The van der Waals surface area contributed by atoms with Gasteiger partial charge in [-0.15, -0.1) is 0 Å². The van der Waals surface area contributed by atoms with Crippen LogP contribution in [0.1, 0.15) is 25.3 Å². The molecule has 6 nitrogen and oxygen atoms in total. The molecule has 1 aliphatic heterocycles. The molecule has 0 spiro atoms. The van der Waals surface area contributed by atoms with E-state index in [1.165, 1.54) is 5.56 Å². The molecule has 0 saturated carbocycles. The number of carbonyl (C=O) groups is 1. The molecule has 1 fully saturated rings. The van der Waals surface area contributed by atoms with Crippen molar-refractivity contribution in [2.24, 2.45) is 4.99 Å². The molecule has 1 aliphatic rings. The van der Waals surface area contributed by atoms with Gasteiger partial charge in [-0.3, -0.25) is 14.8 Å². The fourth-order valence-corrected chi connectivity index (χ4v) is 3.20. The molecule has 1 atom stereocenters. The number of para-hydroxylation sites is 1. The summed E-state index contributed by atoms with van der Waals surface area (Å²) in [4.78, 5) is 22.4. The average molecular weight is 339 g/mol. The summed E-state index contributed by atoms with van der Waals surface area (Å²) in [7, 11) is 1.77. The highest BCUT2D eigenvalue weighted by molar-refractivity contribution is 5.84. The van der Waals surface area contributed by atoms with Crippen LogP contribution in [0.3, 0.4) is 0 Å². The Morgan fingerprint density at radius 3 is 3.00 bits per heavy atom. The van der Waals surface area contributed by atoms with E-state index < -0.39 is 0 Å². The Bertz CT molecular complexity index is 768. The van der Waals surface area contributed by atoms with Crippen LogP contribution in [0.25, 0.3) is 10.9 Å². The first kappa shape index (κ1) is 17.2. The van der Waals surface area contributed by atoms with E-state index in [1.807, 2.05) is 42.3 Å². The topological polar surface area (TPSA) is 69.6 Å². The van der Waals surface area contributed by atoms with Gasteiger partial charge in [-0.05, 0) is 24.1 Å². The highest BCUT2D eigenvalue weighted by Crippen LogP contribution is 2.16. The maximum atomic E-state index is 11.8. The Kier molecular flexibility index (Phi) is 5.48. The first-order chi connectivity index (χ1) is 12.2. The zero-order valence-corrected chi connectivity index (χ0v) is 14.8. The summed E-state index contributed by atoms with van der Waals surface area (Å²) < 4.78 is 0. The molecular formula is C19H25N5O. The van der Waals surface area contributed by atoms with Gasteiger partial charge in [0.05, 0.1) is 5.52 Å². The van der Waals surface area contributed by atoms with E-state index in [2.05, 4.69) is 26.7 Å². The Morgan fingerprint density at radius 2 is 2.20 bits per heavy atom. The first-order valence-corrected chi connectivity index (χ1v) is 8.79. The lowest BCUT2D eigenvalue weighted by Crippen LogP contribution is -2.44. The zero-order chi connectivity index (χ0) is 17.6. The maximum absolute atomic E-state index is 11.8. The fraction of sp³-hybridized carbons (Fsp3) is 0.421. The summed E-state index contributed by atoms with van der Waals surface area (Å²) in [6.07, 6.45) is 3.35. The number of hydrogen-bond donors (Lipinski definition) is 2. The normalized spacial score (nSPS) is 17.8. The number of likely N-dealkylation sites (tertiary alicyclic amines) is 1. The monoisotopic (exact) mass is 339 g/mol. The predicted octanol–water partition coefficient (Wildman–Crippen LogP) is 1.91. The second kappa shape index (κ2) is 7.96. The molecule has 3 rings (SSSR count). The van der Waals surface area contributed by atoms with Crippen molar-refractivity contribution in [3.05, 3.63) is 42.1 Å². The van der Waals surface area contributed by atoms with Gasteiger partial charge in [-0.1, -0.05) is 25.1 Å². The molecule has 2 aromatic rings. The van der Waals surface area contributed by atoms with Gasteiger partial charge in [0.25, 0.3) is 0 Å². The minimum atomic E-state index is 0.218. The summed E-state index contributed by atoms with van der Waals surface area (Å²) in [5.41, 5.74) is 2.18. The van der Waals surface area contributed by atoms with Gasteiger partial charge in [0.1, 0.15) is 0 Å². The molecule has 1 aromatic heterocycles. The van der Waals surface area contributed by atoms with Crippen LogP contribution in [0.4, 0.5) is 0 Å². The lowest BCUT2D eigenvalue weighted by molar-refractivity contribution is -0.129. The molecule has 2 N–H and O–H groups in total. The molecule has 1 amide bonds. The van der Waals surface area contributed by atoms with Crippen molar-refractivity contribution in [2.75, 3.05) is 20.1 Å². The van der Waals surface area contributed by atoms with Crippen LogP contribution >= 0.6 is 0 Å². The molecular weight excluding hydrogens is 314 g/mol. The lowest BCUT2D eigenvalue weighted by atomic mass is 10.1.